The lowest BCUT2D eigenvalue weighted by molar-refractivity contribution is -0.118. The first-order chi connectivity index (χ1) is 9.47. The van der Waals surface area contributed by atoms with Crippen LogP contribution < -0.4 is 10.6 Å². The zero-order valence-corrected chi connectivity index (χ0v) is 13.9. The highest BCUT2D eigenvalue weighted by atomic mass is 79.9. The van der Waals surface area contributed by atoms with Crippen LogP contribution in [0.15, 0.2) is 16.6 Å². The number of hydrogen-bond acceptors (Lipinski definition) is 3. The number of halogens is 4. The summed E-state index contributed by atoms with van der Waals surface area (Å²) in [6.07, 6.45) is 0. The van der Waals surface area contributed by atoms with Crippen molar-refractivity contribution in [3.05, 3.63) is 28.2 Å². The summed E-state index contributed by atoms with van der Waals surface area (Å²) in [5.74, 6) is -1.80. The van der Waals surface area contributed by atoms with Gasteiger partial charge in [-0.1, -0.05) is 0 Å². The topological polar surface area (TPSA) is 44.4 Å². The van der Waals surface area contributed by atoms with Crippen LogP contribution >= 0.6 is 28.3 Å². The number of hydrogen-bond donors (Lipinski definition) is 2. The molecule has 118 valence electrons. The average molecular weight is 385 g/mol. The van der Waals surface area contributed by atoms with Gasteiger partial charge >= 0.3 is 0 Å². The SMILES string of the molecule is C[C@H]1CNCCN1CC(=O)Nc1c(F)cc(F)cc1Br.Cl. The fraction of sp³-hybridized carbons (Fsp3) is 0.462. The largest absolute Gasteiger partial charge is 0.322 e. The van der Waals surface area contributed by atoms with Gasteiger partial charge < -0.3 is 10.6 Å². The van der Waals surface area contributed by atoms with E-state index >= 15 is 0 Å². The summed E-state index contributed by atoms with van der Waals surface area (Å²) in [7, 11) is 0. The molecule has 2 rings (SSSR count). The molecular weight excluding hydrogens is 368 g/mol. The van der Waals surface area contributed by atoms with E-state index in [1.54, 1.807) is 0 Å². The number of piperazine rings is 1. The molecule has 0 aromatic heterocycles. The Labute approximate surface area is 136 Å². The van der Waals surface area contributed by atoms with E-state index in [2.05, 4.69) is 26.6 Å². The molecule has 1 atom stereocenters. The first kappa shape index (κ1) is 18.3. The van der Waals surface area contributed by atoms with Crippen LogP contribution in [0.2, 0.25) is 0 Å². The maximum absolute atomic E-state index is 13.6. The summed E-state index contributed by atoms with van der Waals surface area (Å²) < 4.78 is 26.8. The zero-order chi connectivity index (χ0) is 14.7. The number of rotatable bonds is 3. The second kappa shape index (κ2) is 8.03. The average Bonchev–Trinajstić information content (AvgIpc) is 2.36. The summed E-state index contributed by atoms with van der Waals surface area (Å²) in [6.45, 7) is 4.62. The van der Waals surface area contributed by atoms with Crippen LogP contribution in [-0.2, 0) is 4.79 Å². The molecule has 1 aromatic carbocycles. The third-order valence-corrected chi connectivity index (χ3v) is 3.88. The molecule has 1 aliphatic rings. The fourth-order valence-corrected chi connectivity index (χ4v) is 2.65. The van der Waals surface area contributed by atoms with Gasteiger partial charge in [0.1, 0.15) is 5.82 Å². The highest BCUT2D eigenvalue weighted by Crippen LogP contribution is 2.26. The predicted octanol–water partition coefficient (Wildman–Crippen LogP) is 2.38. The Morgan fingerprint density at radius 2 is 2.24 bits per heavy atom. The van der Waals surface area contributed by atoms with Gasteiger partial charge in [0.05, 0.1) is 12.2 Å². The molecule has 1 fully saturated rings. The summed E-state index contributed by atoms with van der Waals surface area (Å²) >= 11 is 3.05. The molecule has 0 spiro atoms. The van der Waals surface area contributed by atoms with Crippen molar-refractivity contribution in [2.24, 2.45) is 0 Å². The van der Waals surface area contributed by atoms with Gasteiger partial charge in [-0.15, -0.1) is 12.4 Å². The van der Waals surface area contributed by atoms with Gasteiger partial charge in [0, 0.05) is 36.2 Å². The Hall–Kier alpha value is -0.760. The van der Waals surface area contributed by atoms with E-state index in [-0.39, 0.29) is 41.1 Å². The first-order valence-corrected chi connectivity index (χ1v) is 7.16. The van der Waals surface area contributed by atoms with Crippen molar-refractivity contribution in [3.63, 3.8) is 0 Å². The molecule has 1 aliphatic heterocycles. The van der Waals surface area contributed by atoms with E-state index < -0.39 is 11.6 Å². The second-order valence-electron chi connectivity index (χ2n) is 4.82. The number of benzene rings is 1. The van der Waals surface area contributed by atoms with Gasteiger partial charge in [0.25, 0.3) is 0 Å². The molecule has 8 heteroatoms. The summed E-state index contributed by atoms with van der Waals surface area (Å²) in [4.78, 5) is 14.0. The third-order valence-electron chi connectivity index (χ3n) is 3.26. The Kier molecular flexibility index (Phi) is 6.99. The van der Waals surface area contributed by atoms with Crippen molar-refractivity contribution in [3.8, 4) is 0 Å². The molecule has 1 heterocycles. The number of anilines is 1. The van der Waals surface area contributed by atoms with Gasteiger partial charge in [-0.05, 0) is 28.9 Å². The van der Waals surface area contributed by atoms with E-state index in [0.717, 1.165) is 31.8 Å². The molecule has 1 saturated heterocycles. The van der Waals surface area contributed by atoms with Crippen LogP contribution in [0.3, 0.4) is 0 Å². The number of carbonyl (C=O) groups is 1. The molecular formula is C13H17BrClF2N3O. The molecule has 21 heavy (non-hydrogen) atoms. The minimum absolute atomic E-state index is 0. The van der Waals surface area contributed by atoms with Gasteiger partial charge in [-0.2, -0.15) is 0 Å². The highest BCUT2D eigenvalue weighted by Gasteiger charge is 2.21. The van der Waals surface area contributed by atoms with Crippen LogP contribution in [-0.4, -0.2) is 43.0 Å². The minimum atomic E-state index is -0.793. The van der Waals surface area contributed by atoms with Crippen LogP contribution in [0.4, 0.5) is 14.5 Å². The van der Waals surface area contributed by atoms with Gasteiger partial charge in [0.2, 0.25) is 5.91 Å². The molecule has 0 aliphatic carbocycles. The molecule has 0 radical (unpaired) electrons. The Balaban J connectivity index is 0.00000220. The Bertz CT molecular complexity index is 495. The number of carbonyl (C=O) groups excluding carboxylic acids is 1. The molecule has 0 bridgehead atoms. The van der Waals surface area contributed by atoms with Crippen molar-refractivity contribution in [2.45, 2.75) is 13.0 Å². The zero-order valence-electron chi connectivity index (χ0n) is 11.5. The van der Waals surface area contributed by atoms with Crippen molar-refractivity contribution in [2.75, 3.05) is 31.5 Å². The van der Waals surface area contributed by atoms with Crippen LogP contribution in [0.1, 0.15) is 6.92 Å². The van der Waals surface area contributed by atoms with Gasteiger partial charge in [-0.3, -0.25) is 9.69 Å². The first-order valence-electron chi connectivity index (χ1n) is 6.36. The Morgan fingerprint density at radius 3 is 2.86 bits per heavy atom. The van der Waals surface area contributed by atoms with E-state index in [0.29, 0.717) is 0 Å². The van der Waals surface area contributed by atoms with E-state index in [1.165, 1.54) is 0 Å². The maximum atomic E-state index is 13.6. The van der Waals surface area contributed by atoms with Crippen molar-refractivity contribution in [1.29, 1.82) is 0 Å². The van der Waals surface area contributed by atoms with Gasteiger partial charge in [0.15, 0.2) is 5.82 Å². The predicted molar refractivity (Wildman–Crippen MR) is 83.8 cm³/mol. The van der Waals surface area contributed by atoms with E-state index in [4.69, 9.17) is 0 Å². The van der Waals surface area contributed by atoms with E-state index in [9.17, 15) is 13.6 Å². The van der Waals surface area contributed by atoms with Crippen LogP contribution in [0.5, 0.6) is 0 Å². The van der Waals surface area contributed by atoms with Crippen molar-refractivity contribution >= 4 is 39.9 Å². The smallest absolute Gasteiger partial charge is 0.238 e. The highest BCUT2D eigenvalue weighted by molar-refractivity contribution is 9.10. The second-order valence-corrected chi connectivity index (χ2v) is 5.67. The maximum Gasteiger partial charge on any atom is 0.238 e. The fourth-order valence-electron chi connectivity index (χ4n) is 2.14. The monoisotopic (exact) mass is 383 g/mol. The summed E-state index contributed by atoms with van der Waals surface area (Å²) in [5.41, 5.74) is -0.0285. The lowest BCUT2D eigenvalue weighted by Crippen LogP contribution is -2.52. The molecule has 2 N–H and O–H groups in total. The standard InChI is InChI=1S/C13H16BrF2N3O.ClH/c1-8-6-17-2-3-19(8)7-12(20)18-13-10(14)4-9(15)5-11(13)16;/h4-5,8,17H,2-3,6-7H2,1H3,(H,18,20);1H/t8-;/m0./s1. The molecule has 0 saturated carbocycles. The summed E-state index contributed by atoms with van der Waals surface area (Å²) in [5, 5.41) is 5.71. The normalized spacial score (nSPS) is 19.0. The van der Waals surface area contributed by atoms with Crippen molar-refractivity contribution in [1.82, 2.24) is 10.2 Å². The van der Waals surface area contributed by atoms with Crippen molar-refractivity contribution < 1.29 is 13.6 Å². The molecule has 4 nitrogen and oxygen atoms in total. The summed E-state index contributed by atoms with van der Waals surface area (Å²) in [6, 6.07) is 2.11. The van der Waals surface area contributed by atoms with Crippen LogP contribution in [0, 0.1) is 11.6 Å². The minimum Gasteiger partial charge on any atom is -0.322 e. The number of amides is 1. The number of nitrogens with zero attached hydrogens (tertiary/aromatic N) is 1. The lowest BCUT2D eigenvalue weighted by Gasteiger charge is -2.33. The molecule has 1 aromatic rings. The third kappa shape index (κ3) is 4.88. The Morgan fingerprint density at radius 1 is 1.52 bits per heavy atom. The van der Waals surface area contributed by atoms with E-state index in [1.807, 2.05) is 11.8 Å². The number of nitrogens with one attached hydrogen (secondary N) is 2. The molecule has 1 amide bonds. The molecule has 0 unspecified atom stereocenters. The quantitative estimate of drug-likeness (QED) is 0.841. The van der Waals surface area contributed by atoms with Gasteiger partial charge in [-0.25, -0.2) is 8.78 Å². The van der Waals surface area contributed by atoms with Crippen LogP contribution in [0.25, 0.3) is 0 Å². The lowest BCUT2D eigenvalue weighted by atomic mass is 10.2.